The lowest BCUT2D eigenvalue weighted by molar-refractivity contribution is -0.143. The maximum Gasteiger partial charge on any atom is 0.305 e. The first-order chi connectivity index (χ1) is 9.81. The normalized spacial score (nSPS) is 10.7. The number of carbonyl (C=O) groups excluding carboxylic acids is 1. The number of hydrogen-bond donors (Lipinski definition) is 1. The first-order valence-electron chi connectivity index (χ1n) is 8.67. The van der Waals surface area contributed by atoms with Gasteiger partial charge in [0.15, 0.2) is 0 Å². The van der Waals surface area contributed by atoms with Gasteiger partial charge >= 0.3 is 5.97 Å². The van der Waals surface area contributed by atoms with Crippen molar-refractivity contribution in [1.82, 2.24) is 5.32 Å². The maximum atomic E-state index is 11.4. The third-order valence-corrected chi connectivity index (χ3v) is 3.45. The molecule has 0 saturated heterocycles. The Hall–Kier alpha value is -0.570. The molecule has 0 bridgehead atoms. The molecule has 1 N–H and O–H groups in total. The molecule has 0 heterocycles. The minimum absolute atomic E-state index is 0.0359. The number of carbonyl (C=O) groups is 1. The molecule has 0 spiro atoms. The second-order valence-electron chi connectivity index (χ2n) is 5.55. The minimum atomic E-state index is -0.0359. The standard InChI is InChI=1S/C17H35NO2/c1-3-5-6-7-8-9-10-11-12-13-17(19)20-16-15-18-14-4-2/h18H,3-16H2,1-2H3. The summed E-state index contributed by atoms with van der Waals surface area (Å²) in [7, 11) is 0. The number of rotatable bonds is 15. The summed E-state index contributed by atoms with van der Waals surface area (Å²) in [5.41, 5.74) is 0. The lowest BCUT2D eigenvalue weighted by Gasteiger charge is -2.05. The molecule has 0 unspecified atom stereocenters. The number of nitrogens with one attached hydrogen (secondary N) is 1. The average molecular weight is 285 g/mol. The Kier molecular flexibility index (Phi) is 16.0. The van der Waals surface area contributed by atoms with E-state index in [9.17, 15) is 4.79 Å². The quantitative estimate of drug-likeness (QED) is 0.357. The predicted molar refractivity (Wildman–Crippen MR) is 86.0 cm³/mol. The fourth-order valence-corrected chi connectivity index (χ4v) is 2.19. The molecule has 0 aromatic rings. The molecule has 0 rings (SSSR count). The van der Waals surface area contributed by atoms with E-state index in [2.05, 4.69) is 19.2 Å². The van der Waals surface area contributed by atoms with E-state index in [0.29, 0.717) is 13.0 Å². The molecular weight excluding hydrogens is 250 g/mol. The number of unbranched alkanes of at least 4 members (excludes halogenated alkanes) is 8. The summed E-state index contributed by atoms with van der Waals surface area (Å²) in [4.78, 5) is 11.4. The fourth-order valence-electron chi connectivity index (χ4n) is 2.19. The Balaban J connectivity index is 3.11. The summed E-state index contributed by atoms with van der Waals surface area (Å²) < 4.78 is 5.16. The van der Waals surface area contributed by atoms with E-state index in [1.807, 2.05) is 0 Å². The van der Waals surface area contributed by atoms with Gasteiger partial charge in [0.1, 0.15) is 6.61 Å². The van der Waals surface area contributed by atoms with Crippen molar-refractivity contribution < 1.29 is 9.53 Å². The Morgan fingerprint density at radius 2 is 1.40 bits per heavy atom. The first kappa shape index (κ1) is 19.4. The summed E-state index contributed by atoms with van der Waals surface area (Å²) in [6.45, 7) is 6.66. The second-order valence-corrected chi connectivity index (χ2v) is 5.55. The van der Waals surface area contributed by atoms with Crippen LogP contribution in [0.1, 0.15) is 84.5 Å². The Morgan fingerprint density at radius 3 is 2.00 bits per heavy atom. The fraction of sp³-hybridized carbons (Fsp3) is 0.941. The van der Waals surface area contributed by atoms with Gasteiger partial charge in [0.25, 0.3) is 0 Å². The summed E-state index contributed by atoms with van der Waals surface area (Å²) in [6, 6.07) is 0. The van der Waals surface area contributed by atoms with Gasteiger partial charge in [0.05, 0.1) is 0 Å². The first-order valence-corrected chi connectivity index (χ1v) is 8.67. The van der Waals surface area contributed by atoms with Gasteiger partial charge in [-0.1, -0.05) is 65.2 Å². The second kappa shape index (κ2) is 16.5. The van der Waals surface area contributed by atoms with Gasteiger partial charge in [0, 0.05) is 13.0 Å². The van der Waals surface area contributed by atoms with Crippen molar-refractivity contribution in [2.75, 3.05) is 19.7 Å². The SMILES string of the molecule is CCCCCCCCCCCC(=O)OCCNCCC. The van der Waals surface area contributed by atoms with E-state index in [1.165, 1.54) is 44.9 Å². The lowest BCUT2D eigenvalue weighted by atomic mass is 10.1. The highest BCUT2D eigenvalue weighted by molar-refractivity contribution is 5.69. The van der Waals surface area contributed by atoms with Crippen molar-refractivity contribution in [3.63, 3.8) is 0 Å². The molecule has 0 aromatic heterocycles. The van der Waals surface area contributed by atoms with Crippen LogP contribution in [0, 0.1) is 0 Å². The molecule has 0 aliphatic heterocycles. The van der Waals surface area contributed by atoms with E-state index < -0.39 is 0 Å². The van der Waals surface area contributed by atoms with E-state index in [4.69, 9.17) is 4.74 Å². The molecule has 0 saturated carbocycles. The van der Waals surface area contributed by atoms with Gasteiger partial charge in [-0.3, -0.25) is 4.79 Å². The zero-order valence-corrected chi connectivity index (χ0v) is 13.7. The number of esters is 1. The van der Waals surface area contributed by atoms with Crippen LogP contribution in [0.5, 0.6) is 0 Å². The summed E-state index contributed by atoms with van der Waals surface area (Å²) in [5.74, 6) is -0.0359. The third kappa shape index (κ3) is 15.5. The van der Waals surface area contributed by atoms with Crippen molar-refractivity contribution in [2.24, 2.45) is 0 Å². The predicted octanol–water partition coefficient (Wildman–Crippen LogP) is 4.45. The van der Waals surface area contributed by atoms with Gasteiger partial charge < -0.3 is 10.1 Å². The van der Waals surface area contributed by atoms with E-state index in [0.717, 1.165) is 32.4 Å². The molecule has 3 nitrogen and oxygen atoms in total. The Morgan fingerprint density at radius 1 is 0.800 bits per heavy atom. The summed E-state index contributed by atoms with van der Waals surface area (Å²) >= 11 is 0. The maximum absolute atomic E-state index is 11.4. The van der Waals surface area contributed by atoms with Gasteiger partial charge in [-0.2, -0.15) is 0 Å². The van der Waals surface area contributed by atoms with Crippen LogP contribution < -0.4 is 5.32 Å². The summed E-state index contributed by atoms with van der Waals surface area (Å²) in [5, 5.41) is 3.22. The Bertz CT molecular complexity index is 207. The zero-order valence-electron chi connectivity index (χ0n) is 13.7. The molecule has 0 aliphatic carbocycles. The highest BCUT2D eigenvalue weighted by atomic mass is 16.5. The highest BCUT2D eigenvalue weighted by Gasteiger charge is 2.01. The minimum Gasteiger partial charge on any atom is -0.464 e. The Labute approximate surface area is 125 Å². The van der Waals surface area contributed by atoms with Crippen molar-refractivity contribution in [3.05, 3.63) is 0 Å². The number of hydrogen-bond acceptors (Lipinski definition) is 3. The van der Waals surface area contributed by atoms with Crippen molar-refractivity contribution in [3.8, 4) is 0 Å². The average Bonchev–Trinajstić information content (AvgIpc) is 2.45. The van der Waals surface area contributed by atoms with Gasteiger partial charge in [-0.05, 0) is 19.4 Å². The van der Waals surface area contributed by atoms with Crippen molar-refractivity contribution >= 4 is 5.97 Å². The molecule has 0 aliphatic rings. The third-order valence-electron chi connectivity index (χ3n) is 3.45. The molecule has 120 valence electrons. The van der Waals surface area contributed by atoms with Gasteiger partial charge in [-0.15, -0.1) is 0 Å². The van der Waals surface area contributed by atoms with Crippen LogP contribution >= 0.6 is 0 Å². The largest absolute Gasteiger partial charge is 0.464 e. The van der Waals surface area contributed by atoms with Crippen LogP contribution in [0.25, 0.3) is 0 Å². The van der Waals surface area contributed by atoms with Gasteiger partial charge in [0.2, 0.25) is 0 Å². The molecule has 3 heteroatoms. The monoisotopic (exact) mass is 285 g/mol. The van der Waals surface area contributed by atoms with E-state index in [-0.39, 0.29) is 5.97 Å². The van der Waals surface area contributed by atoms with Crippen LogP contribution in [-0.4, -0.2) is 25.7 Å². The van der Waals surface area contributed by atoms with Crippen LogP contribution in [0.2, 0.25) is 0 Å². The molecule has 0 radical (unpaired) electrons. The zero-order chi connectivity index (χ0) is 14.9. The summed E-state index contributed by atoms with van der Waals surface area (Å²) in [6.07, 6.45) is 13.2. The molecule has 0 atom stereocenters. The van der Waals surface area contributed by atoms with Gasteiger partial charge in [-0.25, -0.2) is 0 Å². The van der Waals surface area contributed by atoms with Crippen molar-refractivity contribution in [1.29, 1.82) is 0 Å². The highest BCUT2D eigenvalue weighted by Crippen LogP contribution is 2.10. The molecule has 0 aromatic carbocycles. The van der Waals surface area contributed by atoms with Crippen molar-refractivity contribution in [2.45, 2.75) is 84.5 Å². The number of ether oxygens (including phenoxy) is 1. The van der Waals surface area contributed by atoms with E-state index in [1.54, 1.807) is 0 Å². The van der Waals surface area contributed by atoms with Crippen LogP contribution in [-0.2, 0) is 9.53 Å². The topological polar surface area (TPSA) is 38.3 Å². The molecule has 20 heavy (non-hydrogen) atoms. The molecule has 0 fully saturated rings. The van der Waals surface area contributed by atoms with Crippen LogP contribution in [0.15, 0.2) is 0 Å². The van der Waals surface area contributed by atoms with E-state index >= 15 is 0 Å². The molecule has 0 amide bonds. The van der Waals surface area contributed by atoms with Crippen LogP contribution in [0.3, 0.4) is 0 Å². The molecular formula is C17H35NO2. The smallest absolute Gasteiger partial charge is 0.305 e. The van der Waals surface area contributed by atoms with Crippen LogP contribution in [0.4, 0.5) is 0 Å². The lowest BCUT2D eigenvalue weighted by Crippen LogP contribution is -2.21.